The number of hydrogen-bond donors (Lipinski definition) is 0. The van der Waals surface area contributed by atoms with E-state index in [4.69, 9.17) is 11.6 Å². The highest BCUT2D eigenvalue weighted by Crippen LogP contribution is 2.36. The number of nitro groups is 1. The number of hydrogen-bond acceptors (Lipinski definition) is 2. The summed E-state index contributed by atoms with van der Waals surface area (Å²) in [5.74, 6) is -0.239. The molecule has 1 aromatic rings. The molecule has 0 aliphatic carbocycles. The molecule has 0 N–H and O–H groups in total. The van der Waals surface area contributed by atoms with Gasteiger partial charge in [-0.2, -0.15) is 0 Å². The maximum Gasteiger partial charge on any atom is 0.269 e. The van der Waals surface area contributed by atoms with Crippen molar-refractivity contribution in [3.8, 4) is 0 Å². The van der Waals surface area contributed by atoms with Crippen molar-refractivity contribution in [3.63, 3.8) is 0 Å². The first-order valence-corrected chi connectivity index (χ1v) is 6.02. The Balaban J connectivity index is 3.30. The van der Waals surface area contributed by atoms with Crippen molar-refractivity contribution in [2.75, 3.05) is 0 Å². The molecule has 1 rings (SSSR count). The van der Waals surface area contributed by atoms with E-state index in [1.807, 2.05) is 6.92 Å². The van der Waals surface area contributed by atoms with Crippen molar-refractivity contribution < 1.29 is 13.7 Å². The standard InChI is InChI=1S/C12H14ClF2NO2/c1-3-9(7(2)13)10-5-4-8(16(17)18)6-11(10)12(14)15/h4-7,9,12H,3H2,1-2H3. The van der Waals surface area contributed by atoms with Gasteiger partial charge in [0.2, 0.25) is 0 Å². The van der Waals surface area contributed by atoms with Crippen LogP contribution in [0.15, 0.2) is 18.2 Å². The lowest BCUT2D eigenvalue weighted by Crippen LogP contribution is -2.11. The van der Waals surface area contributed by atoms with Crippen molar-refractivity contribution >= 4 is 17.3 Å². The van der Waals surface area contributed by atoms with Crippen LogP contribution in [0.25, 0.3) is 0 Å². The summed E-state index contributed by atoms with van der Waals surface area (Å²) in [7, 11) is 0. The van der Waals surface area contributed by atoms with Crippen molar-refractivity contribution in [1.82, 2.24) is 0 Å². The Hall–Kier alpha value is -1.23. The predicted octanol–water partition coefficient (Wildman–Crippen LogP) is 4.65. The molecule has 2 atom stereocenters. The molecule has 0 heterocycles. The third-order valence-electron chi connectivity index (χ3n) is 2.91. The number of alkyl halides is 3. The molecule has 0 aromatic heterocycles. The van der Waals surface area contributed by atoms with Crippen molar-refractivity contribution in [3.05, 3.63) is 39.4 Å². The molecule has 0 radical (unpaired) electrons. The van der Waals surface area contributed by atoms with Gasteiger partial charge in [-0.15, -0.1) is 11.6 Å². The van der Waals surface area contributed by atoms with Gasteiger partial charge in [0.1, 0.15) is 0 Å². The SMILES string of the molecule is CCC(c1ccc([N+](=O)[O-])cc1C(F)F)C(C)Cl. The first-order valence-electron chi connectivity index (χ1n) is 5.58. The summed E-state index contributed by atoms with van der Waals surface area (Å²) in [6, 6.07) is 3.55. The van der Waals surface area contributed by atoms with Gasteiger partial charge in [0.15, 0.2) is 0 Å². The monoisotopic (exact) mass is 277 g/mol. The second-order valence-electron chi connectivity index (χ2n) is 4.06. The largest absolute Gasteiger partial charge is 0.269 e. The lowest BCUT2D eigenvalue weighted by molar-refractivity contribution is -0.385. The maximum absolute atomic E-state index is 13.0. The topological polar surface area (TPSA) is 43.1 Å². The van der Waals surface area contributed by atoms with Gasteiger partial charge in [-0.25, -0.2) is 8.78 Å². The molecular weight excluding hydrogens is 264 g/mol. The average molecular weight is 278 g/mol. The lowest BCUT2D eigenvalue weighted by atomic mass is 9.89. The molecule has 0 saturated heterocycles. The quantitative estimate of drug-likeness (QED) is 0.446. The van der Waals surface area contributed by atoms with Gasteiger partial charge in [0, 0.05) is 29.0 Å². The fraction of sp³-hybridized carbons (Fsp3) is 0.500. The highest BCUT2D eigenvalue weighted by molar-refractivity contribution is 6.20. The smallest absolute Gasteiger partial charge is 0.258 e. The number of nitro benzene ring substituents is 1. The fourth-order valence-corrected chi connectivity index (χ4v) is 2.31. The van der Waals surface area contributed by atoms with Crippen LogP contribution >= 0.6 is 11.6 Å². The Labute approximate surface area is 109 Å². The number of benzene rings is 1. The number of non-ortho nitro benzene ring substituents is 1. The third kappa shape index (κ3) is 3.16. The summed E-state index contributed by atoms with van der Waals surface area (Å²) in [5.41, 5.74) is -0.240. The molecule has 1 aromatic carbocycles. The Morgan fingerprint density at radius 1 is 1.39 bits per heavy atom. The number of halogens is 3. The Kier molecular flexibility index (Phi) is 5.02. The second-order valence-corrected chi connectivity index (χ2v) is 4.75. The van der Waals surface area contributed by atoms with Crippen LogP contribution in [-0.2, 0) is 0 Å². The van der Waals surface area contributed by atoms with Crippen LogP contribution in [0.1, 0.15) is 43.7 Å². The summed E-state index contributed by atoms with van der Waals surface area (Å²) in [5, 5.41) is 10.3. The first kappa shape index (κ1) is 14.8. The minimum atomic E-state index is -2.75. The highest BCUT2D eigenvalue weighted by Gasteiger charge is 2.24. The van der Waals surface area contributed by atoms with Crippen molar-refractivity contribution in [1.29, 1.82) is 0 Å². The van der Waals surface area contributed by atoms with E-state index < -0.39 is 11.3 Å². The van der Waals surface area contributed by atoms with Crippen LogP contribution < -0.4 is 0 Å². The molecule has 6 heteroatoms. The van der Waals surface area contributed by atoms with E-state index in [-0.39, 0.29) is 22.5 Å². The minimum absolute atomic E-state index is 0.239. The van der Waals surface area contributed by atoms with E-state index in [1.165, 1.54) is 12.1 Å². The first-order chi connectivity index (χ1) is 8.38. The van der Waals surface area contributed by atoms with Crippen LogP contribution in [0.4, 0.5) is 14.5 Å². The second kappa shape index (κ2) is 6.09. The molecular formula is C12H14ClF2NO2. The van der Waals surface area contributed by atoms with E-state index in [9.17, 15) is 18.9 Å². The molecule has 0 amide bonds. The van der Waals surface area contributed by atoms with Gasteiger partial charge in [-0.05, 0) is 18.9 Å². The zero-order valence-electron chi connectivity index (χ0n) is 10.1. The van der Waals surface area contributed by atoms with Gasteiger partial charge in [-0.3, -0.25) is 10.1 Å². The van der Waals surface area contributed by atoms with Crippen molar-refractivity contribution in [2.45, 2.75) is 38.0 Å². The van der Waals surface area contributed by atoms with E-state index in [0.717, 1.165) is 6.07 Å². The lowest BCUT2D eigenvalue weighted by Gasteiger charge is -2.20. The summed E-state index contributed by atoms with van der Waals surface area (Å²) in [4.78, 5) is 9.92. The zero-order chi connectivity index (χ0) is 13.9. The average Bonchev–Trinajstić information content (AvgIpc) is 2.29. The molecule has 3 nitrogen and oxygen atoms in total. The fourth-order valence-electron chi connectivity index (χ4n) is 1.99. The van der Waals surface area contributed by atoms with Gasteiger partial charge < -0.3 is 0 Å². The molecule has 0 aliphatic rings. The van der Waals surface area contributed by atoms with Crippen LogP contribution in [0.2, 0.25) is 0 Å². The number of rotatable bonds is 5. The normalized spacial score (nSPS) is 14.6. The van der Waals surface area contributed by atoms with Gasteiger partial charge in [-0.1, -0.05) is 13.0 Å². The molecule has 0 bridgehead atoms. The molecule has 0 aliphatic heterocycles. The Morgan fingerprint density at radius 3 is 2.39 bits per heavy atom. The molecule has 100 valence electrons. The van der Waals surface area contributed by atoms with E-state index in [2.05, 4.69) is 0 Å². The molecule has 18 heavy (non-hydrogen) atoms. The predicted molar refractivity (Wildman–Crippen MR) is 66.4 cm³/mol. The van der Waals surface area contributed by atoms with Crippen LogP contribution in [0, 0.1) is 10.1 Å². The summed E-state index contributed by atoms with van der Waals surface area (Å²) in [6.07, 6.45) is -2.15. The van der Waals surface area contributed by atoms with Gasteiger partial charge in [0.05, 0.1) is 4.92 Å². The van der Waals surface area contributed by atoms with Gasteiger partial charge >= 0.3 is 0 Å². The van der Waals surface area contributed by atoms with E-state index >= 15 is 0 Å². The van der Waals surface area contributed by atoms with Crippen LogP contribution in [0.3, 0.4) is 0 Å². The molecule has 0 fully saturated rings. The van der Waals surface area contributed by atoms with E-state index in [0.29, 0.717) is 12.0 Å². The summed E-state index contributed by atoms with van der Waals surface area (Å²) >= 11 is 5.98. The van der Waals surface area contributed by atoms with E-state index in [1.54, 1.807) is 6.92 Å². The molecule has 0 saturated carbocycles. The summed E-state index contributed by atoms with van der Waals surface area (Å²) in [6.45, 7) is 3.58. The Morgan fingerprint density at radius 2 is 2.00 bits per heavy atom. The third-order valence-corrected chi connectivity index (χ3v) is 3.21. The van der Waals surface area contributed by atoms with Crippen LogP contribution in [0.5, 0.6) is 0 Å². The highest BCUT2D eigenvalue weighted by atomic mass is 35.5. The van der Waals surface area contributed by atoms with Gasteiger partial charge in [0.25, 0.3) is 12.1 Å². The van der Waals surface area contributed by atoms with Crippen molar-refractivity contribution in [2.24, 2.45) is 0 Å². The molecule has 2 unspecified atom stereocenters. The maximum atomic E-state index is 13.0. The Bertz CT molecular complexity index is 438. The van der Waals surface area contributed by atoms with Crippen LogP contribution in [-0.4, -0.2) is 10.3 Å². The summed E-state index contributed by atoms with van der Waals surface area (Å²) < 4.78 is 25.9. The minimum Gasteiger partial charge on any atom is -0.258 e. The zero-order valence-corrected chi connectivity index (χ0v) is 10.8. The number of nitrogens with zero attached hydrogens (tertiary/aromatic N) is 1. The molecule has 0 spiro atoms.